The SMILES string of the molecule is CC1CCCc2c1ccc1c2c(-c2nn[nH]n2)cc2ccccc21. The molecular weight excluding hydrogens is 296 g/mol. The second kappa shape index (κ2) is 5.13. The van der Waals surface area contributed by atoms with E-state index < -0.39 is 0 Å². The van der Waals surface area contributed by atoms with Crippen molar-refractivity contribution in [1.29, 1.82) is 0 Å². The zero-order chi connectivity index (χ0) is 16.1. The van der Waals surface area contributed by atoms with Crippen molar-refractivity contribution < 1.29 is 0 Å². The lowest BCUT2D eigenvalue weighted by Gasteiger charge is -2.25. The monoisotopic (exact) mass is 314 g/mol. The molecule has 0 fully saturated rings. The first-order valence-electron chi connectivity index (χ1n) is 8.54. The summed E-state index contributed by atoms with van der Waals surface area (Å²) in [5.74, 6) is 1.29. The van der Waals surface area contributed by atoms with Crippen molar-refractivity contribution in [2.24, 2.45) is 0 Å². The van der Waals surface area contributed by atoms with Crippen molar-refractivity contribution in [3.05, 3.63) is 53.6 Å². The van der Waals surface area contributed by atoms with Crippen molar-refractivity contribution in [3.8, 4) is 11.4 Å². The topological polar surface area (TPSA) is 54.5 Å². The number of nitrogens with one attached hydrogen (secondary N) is 1. The summed E-state index contributed by atoms with van der Waals surface area (Å²) in [6.07, 6.45) is 3.63. The normalized spacial score (nSPS) is 17.3. The lowest BCUT2D eigenvalue weighted by molar-refractivity contribution is 0.593. The molecule has 0 aliphatic heterocycles. The van der Waals surface area contributed by atoms with E-state index in [0.717, 1.165) is 12.0 Å². The minimum Gasteiger partial charge on any atom is -0.177 e. The van der Waals surface area contributed by atoms with E-state index in [2.05, 4.69) is 70.0 Å². The number of aryl methyl sites for hydroxylation is 1. The molecule has 0 saturated carbocycles. The highest BCUT2D eigenvalue weighted by Crippen LogP contribution is 2.41. The van der Waals surface area contributed by atoms with Crippen LogP contribution in [0, 0.1) is 0 Å². The fourth-order valence-electron chi connectivity index (χ4n) is 4.22. The van der Waals surface area contributed by atoms with Crippen molar-refractivity contribution in [2.45, 2.75) is 32.1 Å². The number of aromatic amines is 1. The molecule has 1 heterocycles. The van der Waals surface area contributed by atoms with Crippen LogP contribution < -0.4 is 0 Å². The number of hydrogen-bond acceptors (Lipinski definition) is 3. The molecule has 0 spiro atoms. The predicted molar refractivity (Wildman–Crippen MR) is 96.0 cm³/mol. The van der Waals surface area contributed by atoms with Crippen LogP contribution >= 0.6 is 0 Å². The Labute approximate surface area is 139 Å². The Kier molecular flexibility index (Phi) is 2.92. The van der Waals surface area contributed by atoms with E-state index in [1.165, 1.54) is 45.5 Å². The lowest BCUT2D eigenvalue weighted by atomic mass is 9.79. The average molecular weight is 314 g/mol. The minimum atomic E-state index is 0.614. The minimum absolute atomic E-state index is 0.614. The van der Waals surface area contributed by atoms with Crippen LogP contribution in [0.3, 0.4) is 0 Å². The Balaban J connectivity index is 1.99. The largest absolute Gasteiger partial charge is 0.205 e. The highest BCUT2D eigenvalue weighted by Gasteiger charge is 2.22. The fourth-order valence-corrected chi connectivity index (χ4v) is 4.22. The zero-order valence-electron chi connectivity index (χ0n) is 13.6. The highest BCUT2D eigenvalue weighted by molar-refractivity contribution is 6.14. The first-order chi connectivity index (χ1) is 11.8. The first-order valence-corrected chi connectivity index (χ1v) is 8.54. The van der Waals surface area contributed by atoms with Gasteiger partial charge in [0.05, 0.1) is 0 Å². The van der Waals surface area contributed by atoms with Gasteiger partial charge in [0.2, 0.25) is 5.82 Å². The second-order valence-electron chi connectivity index (χ2n) is 6.73. The number of tetrazole rings is 1. The molecule has 1 N–H and O–H groups in total. The number of aromatic nitrogens is 4. The van der Waals surface area contributed by atoms with E-state index in [4.69, 9.17) is 0 Å². The van der Waals surface area contributed by atoms with Gasteiger partial charge in [-0.1, -0.05) is 43.3 Å². The lowest BCUT2D eigenvalue weighted by Crippen LogP contribution is -2.08. The van der Waals surface area contributed by atoms with Gasteiger partial charge in [0.1, 0.15) is 0 Å². The van der Waals surface area contributed by atoms with Crippen molar-refractivity contribution in [2.75, 3.05) is 0 Å². The van der Waals surface area contributed by atoms with Gasteiger partial charge in [0.15, 0.2) is 0 Å². The van der Waals surface area contributed by atoms with Gasteiger partial charge in [-0.15, -0.1) is 10.2 Å². The Morgan fingerprint density at radius 3 is 2.88 bits per heavy atom. The standard InChI is InChI=1S/C20H18N4/c1-12-5-4-8-16-14(12)9-10-17-15-7-3-2-6-13(15)11-18(19(16)17)20-21-23-24-22-20/h2-3,6-7,9-12H,4-5,8H2,1H3,(H,21,22,23,24). The molecule has 1 aromatic heterocycles. The number of hydrogen-bond donors (Lipinski definition) is 1. The van der Waals surface area contributed by atoms with Gasteiger partial charge in [0, 0.05) is 5.56 Å². The molecule has 0 amide bonds. The summed E-state index contributed by atoms with van der Waals surface area (Å²) in [7, 11) is 0. The maximum Gasteiger partial charge on any atom is 0.205 e. The van der Waals surface area contributed by atoms with Gasteiger partial charge in [-0.25, -0.2) is 0 Å². The van der Waals surface area contributed by atoms with Crippen LogP contribution in [0.1, 0.15) is 36.8 Å². The summed E-state index contributed by atoms with van der Waals surface area (Å²) in [5, 5.41) is 20.0. The molecular formula is C20H18N4. The second-order valence-corrected chi connectivity index (χ2v) is 6.73. The number of nitrogens with zero attached hydrogens (tertiary/aromatic N) is 3. The quantitative estimate of drug-likeness (QED) is 0.522. The number of rotatable bonds is 1. The molecule has 1 unspecified atom stereocenters. The van der Waals surface area contributed by atoms with Gasteiger partial charge in [-0.3, -0.25) is 0 Å². The van der Waals surface area contributed by atoms with Crippen LogP contribution in [0.25, 0.3) is 32.9 Å². The predicted octanol–water partition coefficient (Wildman–Crippen LogP) is 4.61. The van der Waals surface area contributed by atoms with Crippen LogP contribution in [0.4, 0.5) is 0 Å². The summed E-state index contributed by atoms with van der Waals surface area (Å²) in [5.41, 5.74) is 4.04. The summed E-state index contributed by atoms with van der Waals surface area (Å²) in [4.78, 5) is 0. The van der Waals surface area contributed by atoms with E-state index in [9.17, 15) is 0 Å². The van der Waals surface area contributed by atoms with E-state index in [1.54, 1.807) is 0 Å². The third-order valence-corrected chi connectivity index (χ3v) is 5.35. The van der Waals surface area contributed by atoms with Gasteiger partial charge in [-0.2, -0.15) is 5.21 Å². The number of benzene rings is 3. The van der Waals surface area contributed by atoms with Crippen LogP contribution in [-0.2, 0) is 6.42 Å². The first kappa shape index (κ1) is 13.7. The van der Waals surface area contributed by atoms with Crippen molar-refractivity contribution in [3.63, 3.8) is 0 Å². The molecule has 1 aliphatic rings. The van der Waals surface area contributed by atoms with Gasteiger partial charge < -0.3 is 0 Å². The Morgan fingerprint density at radius 1 is 1.08 bits per heavy atom. The summed E-state index contributed by atoms with van der Waals surface area (Å²) < 4.78 is 0. The fraction of sp³-hybridized carbons (Fsp3) is 0.250. The van der Waals surface area contributed by atoms with E-state index in [-0.39, 0.29) is 0 Å². The van der Waals surface area contributed by atoms with Crippen LogP contribution in [0.5, 0.6) is 0 Å². The van der Waals surface area contributed by atoms with E-state index in [1.807, 2.05) is 0 Å². The molecule has 5 rings (SSSR count). The molecule has 0 bridgehead atoms. The molecule has 4 nitrogen and oxygen atoms in total. The molecule has 24 heavy (non-hydrogen) atoms. The van der Waals surface area contributed by atoms with Gasteiger partial charge in [0.25, 0.3) is 0 Å². The summed E-state index contributed by atoms with van der Waals surface area (Å²) in [6.45, 7) is 2.33. The Morgan fingerprint density at radius 2 is 2.00 bits per heavy atom. The summed E-state index contributed by atoms with van der Waals surface area (Å²) in [6, 6.07) is 15.4. The third-order valence-electron chi connectivity index (χ3n) is 5.35. The molecule has 0 saturated heterocycles. The third kappa shape index (κ3) is 1.89. The van der Waals surface area contributed by atoms with Gasteiger partial charge >= 0.3 is 0 Å². The Bertz CT molecular complexity index is 1050. The zero-order valence-corrected chi connectivity index (χ0v) is 13.6. The molecule has 1 aliphatic carbocycles. The molecule has 4 heteroatoms. The molecule has 4 aromatic rings. The number of fused-ring (bicyclic) bond motifs is 5. The van der Waals surface area contributed by atoms with Crippen molar-refractivity contribution >= 4 is 21.5 Å². The van der Waals surface area contributed by atoms with Crippen molar-refractivity contribution in [1.82, 2.24) is 20.6 Å². The molecule has 0 radical (unpaired) electrons. The maximum absolute atomic E-state index is 4.26. The molecule has 3 aromatic carbocycles. The van der Waals surface area contributed by atoms with Crippen LogP contribution in [0.15, 0.2) is 42.5 Å². The van der Waals surface area contributed by atoms with E-state index in [0.29, 0.717) is 11.7 Å². The van der Waals surface area contributed by atoms with E-state index >= 15 is 0 Å². The average Bonchev–Trinajstić information content (AvgIpc) is 3.15. The van der Waals surface area contributed by atoms with Crippen LogP contribution in [-0.4, -0.2) is 20.6 Å². The highest BCUT2D eigenvalue weighted by atomic mass is 15.5. The Hall–Kier alpha value is -2.75. The number of H-pyrrole nitrogens is 1. The molecule has 118 valence electrons. The summed E-state index contributed by atoms with van der Waals surface area (Å²) >= 11 is 0. The van der Waals surface area contributed by atoms with Crippen LogP contribution in [0.2, 0.25) is 0 Å². The van der Waals surface area contributed by atoms with Gasteiger partial charge in [-0.05, 0) is 69.1 Å². The maximum atomic E-state index is 4.26. The smallest absolute Gasteiger partial charge is 0.177 e. The molecule has 1 atom stereocenters.